The maximum Gasteiger partial charge on any atom is 0.248 e. The van der Waals surface area contributed by atoms with Crippen molar-refractivity contribution in [3.8, 4) is 0 Å². The van der Waals surface area contributed by atoms with Crippen LogP contribution in [0.25, 0.3) is 0 Å². The van der Waals surface area contributed by atoms with E-state index in [1.54, 1.807) is 6.92 Å². The number of rotatable bonds is 1. The van der Waals surface area contributed by atoms with E-state index < -0.39 is 0 Å². The third kappa shape index (κ3) is 2.15. The average molecular weight is 151 g/mol. The third-order valence-electron chi connectivity index (χ3n) is 1.42. The van der Waals surface area contributed by atoms with Crippen molar-refractivity contribution in [1.29, 1.82) is 0 Å². The van der Waals surface area contributed by atoms with Crippen LogP contribution in [0.2, 0.25) is 0 Å². The van der Waals surface area contributed by atoms with Gasteiger partial charge in [-0.1, -0.05) is 0 Å². The van der Waals surface area contributed by atoms with E-state index in [1.165, 1.54) is 0 Å². The first kappa shape index (κ1) is 9.82. The highest BCUT2D eigenvalue weighted by atomic mass is 16.1. The Labute approximate surface area is 67.5 Å². The van der Waals surface area contributed by atoms with Crippen LogP contribution in [0, 0.1) is 7.43 Å². The van der Waals surface area contributed by atoms with Crippen molar-refractivity contribution < 1.29 is 9.36 Å². The van der Waals surface area contributed by atoms with Gasteiger partial charge < -0.3 is 7.43 Å². The molecule has 0 amide bonds. The van der Waals surface area contributed by atoms with E-state index in [1.807, 2.05) is 36.0 Å². The Kier molecular flexibility index (Phi) is 3.45. The summed E-state index contributed by atoms with van der Waals surface area (Å²) in [7, 11) is 1.86. The van der Waals surface area contributed by atoms with Crippen molar-refractivity contribution in [2.24, 2.45) is 7.05 Å². The van der Waals surface area contributed by atoms with Crippen LogP contribution in [0.15, 0.2) is 24.4 Å². The summed E-state index contributed by atoms with van der Waals surface area (Å²) in [5.74, 6) is 0.100. The fraction of sp³-hybridized carbons (Fsp3) is 0.222. The van der Waals surface area contributed by atoms with E-state index in [0.29, 0.717) is 0 Å². The molecule has 0 unspecified atom stereocenters. The van der Waals surface area contributed by atoms with Crippen LogP contribution in [0.4, 0.5) is 0 Å². The molecule has 1 aromatic heterocycles. The standard InChI is InChI=1S/C8H10NO.CH3/c1-7(10)8-5-3-4-6-9(8)2;/h3-6H,1-2H3;1H3/q+1;-1. The maximum atomic E-state index is 10.8. The van der Waals surface area contributed by atoms with Crippen molar-refractivity contribution in [3.05, 3.63) is 37.5 Å². The molecule has 0 atom stereocenters. The van der Waals surface area contributed by atoms with Gasteiger partial charge in [-0.15, -0.1) is 0 Å². The van der Waals surface area contributed by atoms with Gasteiger partial charge in [0, 0.05) is 19.1 Å². The Hall–Kier alpha value is -1.18. The molecule has 2 nitrogen and oxygen atoms in total. The second kappa shape index (κ2) is 3.86. The fourth-order valence-corrected chi connectivity index (χ4v) is 0.889. The van der Waals surface area contributed by atoms with Gasteiger partial charge in [-0.05, 0) is 6.07 Å². The average Bonchev–Trinajstić information content (AvgIpc) is 1.88. The zero-order valence-corrected chi connectivity index (χ0v) is 7.16. The molecule has 0 bridgehead atoms. The van der Waals surface area contributed by atoms with Crippen LogP contribution >= 0.6 is 0 Å². The summed E-state index contributed by atoms with van der Waals surface area (Å²) < 4.78 is 1.81. The van der Waals surface area contributed by atoms with Crippen LogP contribution in [-0.4, -0.2) is 5.78 Å². The first-order valence-corrected chi connectivity index (χ1v) is 3.17. The Bertz CT molecular complexity index is 255. The highest BCUT2D eigenvalue weighted by Gasteiger charge is 2.08. The molecule has 2 heteroatoms. The summed E-state index contributed by atoms with van der Waals surface area (Å²) in [6.45, 7) is 1.56. The van der Waals surface area contributed by atoms with Gasteiger partial charge in [-0.3, -0.25) is 4.79 Å². The van der Waals surface area contributed by atoms with Gasteiger partial charge in [-0.25, -0.2) is 0 Å². The first-order chi connectivity index (χ1) is 4.72. The van der Waals surface area contributed by atoms with Crippen molar-refractivity contribution in [2.45, 2.75) is 6.92 Å². The van der Waals surface area contributed by atoms with Crippen molar-refractivity contribution in [1.82, 2.24) is 0 Å². The second-order valence-electron chi connectivity index (χ2n) is 2.25. The lowest BCUT2D eigenvalue weighted by Gasteiger charge is -1.91. The fourth-order valence-electron chi connectivity index (χ4n) is 0.889. The van der Waals surface area contributed by atoms with Crippen LogP contribution in [0.1, 0.15) is 17.4 Å². The highest BCUT2D eigenvalue weighted by molar-refractivity contribution is 5.90. The van der Waals surface area contributed by atoms with Gasteiger partial charge >= 0.3 is 0 Å². The quantitative estimate of drug-likeness (QED) is 0.335. The number of hydrogen-bond donors (Lipinski definition) is 0. The molecule has 0 aromatic carbocycles. The molecule has 0 aliphatic rings. The van der Waals surface area contributed by atoms with E-state index in [0.717, 1.165) is 5.69 Å². The van der Waals surface area contributed by atoms with Crippen molar-refractivity contribution in [3.63, 3.8) is 0 Å². The van der Waals surface area contributed by atoms with E-state index in [2.05, 4.69) is 0 Å². The topological polar surface area (TPSA) is 20.9 Å². The van der Waals surface area contributed by atoms with Gasteiger partial charge in [0.2, 0.25) is 11.5 Å². The minimum absolute atomic E-state index is 0. The lowest BCUT2D eigenvalue weighted by molar-refractivity contribution is -0.673. The van der Waals surface area contributed by atoms with Gasteiger partial charge in [-0.2, -0.15) is 4.57 Å². The van der Waals surface area contributed by atoms with E-state index in [4.69, 9.17) is 0 Å². The number of carbonyl (C=O) groups is 1. The molecule has 0 aliphatic heterocycles. The van der Waals surface area contributed by atoms with Crippen molar-refractivity contribution in [2.75, 3.05) is 0 Å². The smallest absolute Gasteiger partial charge is 0.248 e. The molecule has 1 aromatic rings. The first-order valence-electron chi connectivity index (χ1n) is 3.17. The van der Waals surface area contributed by atoms with Crippen LogP contribution in [-0.2, 0) is 7.05 Å². The highest BCUT2D eigenvalue weighted by Crippen LogP contribution is 1.90. The van der Waals surface area contributed by atoms with Crippen LogP contribution < -0.4 is 4.57 Å². The van der Waals surface area contributed by atoms with E-state index in [-0.39, 0.29) is 13.2 Å². The molecular weight excluding hydrogens is 138 g/mol. The lowest BCUT2D eigenvalue weighted by atomic mass is 10.3. The number of aryl methyl sites for hydroxylation is 1. The molecule has 1 rings (SSSR count). The summed E-state index contributed by atoms with van der Waals surface area (Å²) in [5, 5.41) is 0. The summed E-state index contributed by atoms with van der Waals surface area (Å²) in [5.41, 5.74) is 0.738. The Morgan fingerprint density at radius 1 is 1.45 bits per heavy atom. The number of ketones is 1. The molecule has 0 N–H and O–H groups in total. The zero-order chi connectivity index (χ0) is 7.56. The Morgan fingerprint density at radius 3 is 2.45 bits per heavy atom. The zero-order valence-electron chi connectivity index (χ0n) is 7.16. The Balaban J connectivity index is 0.000001000. The summed E-state index contributed by atoms with van der Waals surface area (Å²) in [4.78, 5) is 10.8. The van der Waals surface area contributed by atoms with Crippen molar-refractivity contribution >= 4 is 5.78 Å². The number of hydrogen-bond acceptors (Lipinski definition) is 1. The normalized spacial score (nSPS) is 8.55. The molecule has 0 aliphatic carbocycles. The molecule has 11 heavy (non-hydrogen) atoms. The maximum absolute atomic E-state index is 10.8. The number of carbonyl (C=O) groups excluding carboxylic acids is 1. The van der Waals surface area contributed by atoms with E-state index in [9.17, 15) is 4.79 Å². The largest absolute Gasteiger partial charge is 0.358 e. The van der Waals surface area contributed by atoms with E-state index >= 15 is 0 Å². The number of Topliss-reactive ketones (excluding diaryl/α,β-unsaturated/α-hetero) is 1. The minimum atomic E-state index is 0. The minimum Gasteiger partial charge on any atom is -0.358 e. The molecule has 0 spiro atoms. The molecular formula is C9H13NO. The molecule has 0 saturated carbocycles. The molecule has 0 radical (unpaired) electrons. The SMILES string of the molecule is CC(=O)c1cccc[n+]1C.[CH3-]. The van der Waals surface area contributed by atoms with Crippen LogP contribution in [0.5, 0.6) is 0 Å². The van der Waals surface area contributed by atoms with Crippen LogP contribution in [0.3, 0.4) is 0 Å². The monoisotopic (exact) mass is 151 g/mol. The molecule has 0 fully saturated rings. The molecule has 0 saturated heterocycles. The van der Waals surface area contributed by atoms with Gasteiger partial charge in [0.1, 0.15) is 7.05 Å². The summed E-state index contributed by atoms with van der Waals surface area (Å²) >= 11 is 0. The van der Waals surface area contributed by atoms with Gasteiger partial charge in [0.25, 0.3) is 0 Å². The second-order valence-corrected chi connectivity index (χ2v) is 2.25. The number of aromatic nitrogens is 1. The third-order valence-corrected chi connectivity index (χ3v) is 1.42. The molecule has 1 heterocycles. The summed E-state index contributed by atoms with van der Waals surface area (Å²) in [6.07, 6.45) is 1.86. The lowest BCUT2D eigenvalue weighted by Crippen LogP contribution is -2.34. The predicted octanol–water partition coefficient (Wildman–Crippen LogP) is 1.16. The molecule has 60 valence electrons. The number of pyridine rings is 1. The van der Waals surface area contributed by atoms with Gasteiger partial charge in [0.15, 0.2) is 6.20 Å². The predicted molar refractivity (Wildman–Crippen MR) is 44.0 cm³/mol. The number of nitrogens with zero attached hydrogens (tertiary/aromatic N) is 1. The van der Waals surface area contributed by atoms with Gasteiger partial charge in [0.05, 0.1) is 0 Å². The Morgan fingerprint density at radius 2 is 2.09 bits per heavy atom. The summed E-state index contributed by atoms with van der Waals surface area (Å²) in [6, 6.07) is 5.56.